The van der Waals surface area contributed by atoms with Crippen molar-refractivity contribution in [3.63, 3.8) is 0 Å². The third-order valence-corrected chi connectivity index (χ3v) is 2.65. The molecule has 2 aromatic heterocycles. The minimum Gasteiger partial charge on any atom is -0.477 e. The molecule has 2 N–H and O–H groups in total. The Morgan fingerprint density at radius 2 is 2.20 bits per heavy atom. The van der Waals surface area contributed by atoms with Gasteiger partial charge in [-0.05, 0) is 18.6 Å². The number of halogens is 2. The SMILES string of the molecule is Cc1c(C(=O)O)[nH]c2c(Cl)nc(Cl)cc12. The van der Waals surface area contributed by atoms with Gasteiger partial charge in [0.25, 0.3) is 0 Å². The number of carbonyl (C=O) groups is 1. The minimum absolute atomic E-state index is 0.107. The van der Waals surface area contributed by atoms with Crippen molar-refractivity contribution < 1.29 is 9.90 Å². The number of rotatable bonds is 1. The van der Waals surface area contributed by atoms with Crippen LogP contribution < -0.4 is 0 Å². The molecule has 0 bridgehead atoms. The van der Waals surface area contributed by atoms with Crippen LogP contribution in [-0.2, 0) is 0 Å². The number of fused-ring (bicyclic) bond motifs is 1. The number of nitrogens with one attached hydrogen (secondary N) is 1. The van der Waals surface area contributed by atoms with Crippen LogP contribution in [0, 0.1) is 6.92 Å². The quantitative estimate of drug-likeness (QED) is 0.759. The summed E-state index contributed by atoms with van der Waals surface area (Å²) >= 11 is 11.6. The first kappa shape index (κ1) is 10.3. The normalized spacial score (nSPS) is 10.9. The molecular formula is C9H6Cl2N2O2. The molecule has 0 unspecified atom stereocenters. The highest BCUT2D eigenvalue weighted by Crippen LogP contribution is 2.28. The molecular weight excluding hydrogens is 239 g/mol. The van der Waals surface area contributed by atoms with Gasteiger partial charge in [0.1, 0.15) is 10.8 Å². The summed E-state index contributed by atoms with van der Waals surface area (Å²) in [6.45, 7) is 1.69. The summed E-state index contributed by atoms with van der Waals surface area (Å²) < 4.78 is 0. The number of H-pyrrole nitrogens is 1. The van der Waals surface area contributed by atoms with E-state index in [-0.39, 0.29) is 16.0 Å². The summed E-state index contributed by atoms with van der Waals surface area (Å²) in [5.41, 5.74) is 1.20. The third kappa shape index (κ3) is 1.56. The summed E-state index contributed by atoms with van der Waals surface area (Å²) in [5, 5.41) is 9.99. The van der Waals surface area contributed by atoms with Gasteiger partial charge >= 0.3 is 5.97 Å². The number of carboxylic acid groups (broad SMARTS) is 1. The molecule has 0 saturated heterocycles. The lowest BCUT2D eigenvalue weighted by molar-refractivity contribution is 0.0691. The van der Waals surface area contributed by atoms with Gasteiger partial charge in [0.2, 0.25) is 0 Å². The topological polar surface area (TPSA) is 66.0 Å². The van der Waals surface area contributed by atoms with Gasteiger partial charge in [-0.1, -0.05) is 23.2 Å². The van der Waals surface area contributed by atoms with Crippen LogP contribution in [0.2, 0.25) is 10.3 Å². The fraction of sp³-hybridized carbons (Fsp3) is 0.111. The number of carboxylic acids is 1. The molecule has 2 heterocycles. The van der Waals surface area contributed by atoms with Crippen molar-refractivity contribution in [2.75, 3.05) is 0 Å². The van der Waals surface area contributed by atoms with Crippen molar-refractivity contribution in [1.29, 1.82) is 0 Å². The third-order valence-electron chi connectivity index (χ3n) is 2.19. The van der Waals surface area contributed by atoms with Crippen molar-refractivity contribution >= 4 is 40.1 Å². The number of aromatic amines is 1. The summed E-state index contributed by atoms with van der Waals surface area (Å²) in [4.78, 5) is 17.4. The van der Waals surface area contributed by atoms with Crippen molar-refractivity contribution in [3.8, 4) is 0 Å². The van der Waals surface area contributed by atoms with E-state index in [9.17, 15) is 4.79 Å². The molecule has 0 saturated carbocycles. The van der Waals surface area contributed by atoms with Crippen molar-refractivity contribution in [1.82, 2.24) is 9.97 Å². The second-order valence-corrected chi connectivity index (χ2v) is 3.83. The second kappa shape index (κ2) is 3.40. The molecule has 0 aliphatic heterocycles. The van der Waals surface area contributed by atoms with Gasteiger partial charge in [-0.2, -0.15) is 0 Å². The van der Waals surface area contributed by atoms with E-state index in [1.54, 1.807) is 13.0 Å². The van der Waals surface area contributed by atoms with Crippen molar-refractivity contribution in [2.45, 2.75) is 6.92 Å². The average molecular weight is 245 g/mol. The number of hydrogen-bond acceptors (Lipinski definition) is 2. The van der Waals surface area contributed by atoms with Crippen LogP contribution in [-0.4, -0.2) is 21.0 Å². The predicted molar refractivity (Wildman–Crippen MR) is 57.8 cm³/mol. The van der Waals surface area contributed by atoms with E-state index in [0.717, 1.165) is 0 Å². The molecule has 0 spiro atoms. The molecule has 0 fully saturated rings. The fourth-order valence-electron chi connectivity index (χ4n) is 1.47. The van der Waals surface area contributed by atoms with Gasteiger partial charge in [-0.3, -0.25) is 0 Å². The number of aromatic nitrogens is 2. The van der Waals surface area contributed by atoms with E-state index in [2.05, 4.69) is 9.97 Å². The summed E-state index contributed by atoms with van der Waals surface area (Å²) in [7, 11) is 0. The standard InChI is InChI=1S/C9H6Cl2N2O2/c1-3-4-2-5(10)12-8(11)7(4)13-6(3)9(14)15/h2,13H,1H3,(H,14,15). The predicted octanol–water partition coefficient (Wildman–Crippen LogP) is 2.88. The molecule has 4 nitrogen and oxygen atoms in total. The van der Waals surface area contributed by atoms with Gasteiger partial charge in [0.15, 0.2) is 5.15 Å². The zero-order chi connectivity index (χ0) is 11.2. The largest absolute Gasteiger partial charge is 0.477 e. The highest BCUT2D eigenvalue weighted by atomic mass is 35.5. The molecule has 0 aromatic carbocycles. The van der Waals surface area contributed by atoms with Gasteiger partial charge < -0.3 is 10.1 Å². The molecule has 78 valence electrons. The Morgan fingerprint density at radius 1 is 1.53 bits per heavy atom. The van der Waals surface area contributed by atoms with Crippen molar-refractivity contribution in [2.24, 2.45) is 0 Å². The van der Waals surface area contributed by atoms with Crippen molar-refractivity contribution in [3.05, 3.63) is 27.6 Å². The highest BCUT2D eigenvalue weighted by Gasteiger charge is 2.16. The van der Waals surface area contributed by atoms with Gasteiger partial charge in [0, 0.05) is 5.39 Å². The van der Waals surface area contributed by atoms with E-state index in [1.807, 2.05) is 0 Å². The number of pyridine rings is 1. The van der Waals surface area contributed by atoms with E-state index in [1.165, 1.54) is 0 Å². The van der Waals surface area contributed by atoms with E-state index in [4.69, 9.17) is 28.3 Å². The first-order chi connectivity index (χ1) is 7.00. The lowest BCUT2D eigenvalue weighted by Crippen LogP contribution is -1.98. The summed E-state index contributed by atoms with van der Waals surface area (Å²) in [5.74, 6) is -1.03. The maximum atomic E-state index is 10.9. The lowest BCUT2D eigenvalue weighted by atomic mass is 10.2. The van der Waals surface area contributed by atoms with E-state index < -0.39 is 5.97 Å². The molecule has 2 rings (SSSR count). The molecule has 0 radical (unpaired) electrons. The Bertz CT molecular complexity index is 563. The Kier molecular flexibility index (Phi) is 2.32. The Hall–Kier alpha value is -1.26. The molecule has 0 amide bonds. The first-order valence-corrected chi connectivity index (χ1v) is 4.84. The van der Waals surface area contributed by atoms with Crippen LogP contribution in [0.4, 0.5) is 0 Å². The zero-order valence-corrected chi connectivity index (χ0v) is 9.15. The molecule has 0 aliphatic carbocycles. The smallest absolute Gasteiger partial charge is 0.352 e. The van der Waals surface area contributed by atoms with E-state index >= 15 is 0 Å². The first-order valence-electron chi connectivity index (χ1n) is 4.08. The van der Waals surface area contributed by atoms with Crippen LogP contribution in [0.15, 0.2) is 6.07 Å². The molecule has 2 aromatic rings. The monoisotopic (exact) mass is 244 g/mol. The van der Waals surface area contributed by atoms with Crippen LogP contribution in [0.3, 0.4) is 0 Å². The lowest BCUT2D eigenvalue weighted by Gasteiger charge is -1.94. The van der Waals surface area contributed by atoms with Gasteiger partial charge in [0.05, 0.1) is 5.52 Å². The van der Waals surface area contributed by atoms with E-state index in [0.29, 0.717) is 16.5 Å². The van der Waals surface area contributed by atoms with Gasteiger partial charge in [-0.25, -0.2) is 9.78 Å². The maximum absolute atomic E-state index is 10.9. The molecule has 15 heavy (non-hydrogen) atoms. The highest BCUT2D eigenvalue weighted by molar-refractivity contribution is 6.36. The number of aromatic carboxylic acids is 1. The Labute approximate surface area is 94.8 Å². The van der Waals surface area contributed by atoms with Crippen LogP contribution in [0.1, 0.15) is 16.1 Å². The fourth-order valence-corrected chi connectivity index (χ4v) is 1.94. The molecule has 0 atom stereocenters. The minimum atomic E-state index is -1.03. The molecule has 6 heteroatoms. The Morgan fingerprint density at radius 3 is 2.80 bits per heavy atom. The summed E-state index contributed by atoms with van der Waals surface area (Å²) in [6, 6.07) is 1.58. The van der Waals surface area contributed by atoms with Gasteiger partial charge in [-0.15, -0.1) is 0 Å². The Balaban J connectivity index is 2.88. The number of aryl methyl sites for hydroxylation is 1. The number of nitrogens with zero attached hydrogens (tertiary/aromatic N) is 1. The zero-order valence-electron chi connectivity index (χ0n) is 7.64. The molecule has 0 aliphatic rings. The average Bonchev–Trinajstić information content (AvgIpc) is 2.44. The number of hydrogen-bond donors (Lipinski definition) is 2. The summed E-state index contributed by atoms with van der Waals surface area (Å²) in [6.07, 6.45) is 0. The van der Waals surface area contributed by atoms with Crippen LogP contribution in [0.25, 0.3) is 10.9 Å². The second-order valence-electron chi connectivity index (χ2n) is 3.09. The maximum Gasteiger partial charge on any atom is 0.352 e. The van der Waals surface area contributed by atoms with Crippen LogP contribution >= 0.6 is 23.2 Å². The van der Waals surface area contributed by atoms with Crippen LogP contribution in [0.5, 0.6) is 0 Å².